The first kappa shape index (κ1) is 32.9. The number of furan rings is 1. The fourth-order valence-electron chi connectivity index (χ4n) is 9.27. The number of hydrogen-bond donors (Lipinski definition) is 0. The van der Waals surface area contributed by atoms with Gasteiger partial charge in [-0.3, -0.25) is 4.40 Å². The van der Waals surface area contributed by atoms with E-state index in [0.717, 1.165) is 116 Å². The topological polar surface area (TPSA) is 56.2 Å². The maximum atomic E-state index is 6.12. The van der Waals surface area contributed by atoms with Crippen LogP contribution >= 0.6 is 0 Å². The minimum atomic E-state index is 0.872. The highest BCUT2D eigenvalue weighted by Crippen LogP contribution is 2.40. The predicted molar refractivity (Wildman–Crippen MR) is 247 cm³/mol. The van der Waals surface area contributed by atoms with Gasteiger partial charge >= 0.3 is 0 Å². The summed E-state index contributed by atoms with van der Waals surface area (Å²) in [6.07, 6.45) is 2.17. The van der Waals surface area contributed by atoms with Crippen LogP contribution in [0.4, 0.5) is 0 Å². The summed E-state index contributed by atoms with van der Waals surface area (Å²) < 4.78 is 8.37. The van der Waals surface area contributed by atoms with Gasteiger partial charge in [0.1, 0.15) is 16.8 Å². The van der Waals surface area contributed by atoms with Gasteiger partial charge in [0.25, 0.3) is 0 Å². The molecular formula is C55H32N4O. The largest absolute Gasteiger partial charge is 0.456 e. The first-order chi connectivity index (χ1) is 29.7. The molecule has 5 nitrogen and oxygen atoms in total. The Bertz CT molecular complexity index is 3890. The van der Waals surface area contributed by atoms with E-state index in [1.165, 1.54) is 10.8 Å². The van der Waals surface area contributed by atoms with Crippen LogP contribution in [0.2, 0.25) is 0 Å². The minimum Gasteiger partial charge on any atom is -0.456 e. The third-order valence-electron chi connectivity index (χ3n) is 12.2. The average molecular weight is 765 g/mol. The van der Waals surface area contributed by atoms with Gasteiger partial charge in [-0.1, -0.05) is 140 Å². The summed E-state index contributed by atoms with van der Waals surface area (Å²) in [5, 5.41) is 9.12. The van der Waals surface area contributed by atoms with E-state index < -0.39 is 0 Å². The average Bonchev–Trinajstić information content (AvgIpc) is 3.90. The van der Waals surface area contributed by atoms with Crippen molar-refractivity contribution in [2.75, 3.05) is 0 Å². The van der Waals surface area contributed by atoms with Crippen LogP contribution < -0.4 is 0 Å². The Balaban J connectivity index is 0.975. The minimum absolute atomic E-state index is 0.872. The van der Waals surface area contributed by atoms with Crippen molar-refractivity contribution < 1.29 is 4.42 Å². The van der Waals surface area contributed by atoms with Crippen molar-refractivity contribution in [2.24, 2.45) is 0 Å². The molecular weight excluding hydrogens is 733 g/mol. The lowest BCUT2D eigenvalue weighted by atomic mass is 9.94. The molecule has 4 heterocycles. The third-order valence-corrected chi connectivity index (χ3v) is 12.2. The number of pyridine rings is 1. The molecule has 0 atom stereocenters. The van der Waals surface area contributed by atoms with E-state index in [0.29, 0.717) is 0 Å². The molecule has 0 fully saturated rings. The molecule has 60 heavy (non-hydrogen) atoms. The number of aromatic nitrogens is 4. The monoisotopic (exact) mass is 764 g/mol. The summed E-state index contributed by atoms with van der Waals surface area (Å²) in [5.74, 6) is 0. The van der Waals surface area contributed by atoms with Crippen molar-refractivity contribution in [3.63, 3.8) is 0 Å². The van der Waals surface area contributed by atoms with Crippen LogP contribution in [-0.4, -0.2) is 19.4 Å². The maximum Gasteiger partial charge on any atom is 0.138 e. The molecule has 4 aromatic heterocycles. The molecule has 0 saturated heterocycles. The fourth-order valence-corrected chi connectivity index (χ4v) is 9.27. The summed E-state index contributed by atoms with van der Waals surface area (Å²) in [5.41, 5.74) is 14.9. The molecule has 278 valence electrons. The van der Waals surface area contributed by atoms with E-state index in [4.69, 9.17) is 19.4 Å². The quantitative estimate of drug-likeness (QED) is 0.168. The van der Waals surface area contributed by atoms with Crippen LogP contribution in [0.5, 0.6) is 0 Å². The molecule has 0 aliphatic rings. The van der Waals surface area contributed by atoms with Crippen LogP contribution in [0.3, 0.4) is 0 Å². The van der Waals surface area contributed by atoms with Gasteiger partial charge in [-0.25, -0.2) is 15.0 Å². The SMILES string of the molecule is c1ccc(-c2nc3ccc4ccc(-c5ccc6c(c5)c5ccccc5c5nc7cc(-c8ccc9oc%10ccccc%10c9c8)ccn7c65)cc4c3nc2-c2ccccc2)cc1. The number of hydrogen-bond acceptors (Lipinski definition) is 4. The van der Waals surface area contributed by atoms with Crippen molar-refractivity contribution in [1.82, 2.24) is 19.4 Å². The zero-order valence-electron chi connectivity index (χ0n) is 32.2. The van der Waals surface area contributed by atoms with Crippen LogP contribution in [0.25, 0.3) is 127 Å². The van der Waals surface area contributed by atoms with Crippen molar-refractivity contribution in [3.05, 3.63) is 194 Å². The molecule has 0 aliphatic carbocycles. The van der Waals surface area contributed by atoms with Crippen molar-refractivity contribution >= 4 is 82.0 Å². The summed E-state index contributed by atoms with van der Waals surface area (Å²) in [4.78, 5) is 16.0. The molecule has 0 radical (unpaired) electrons. The predicted octanol–water partition coefficient (Wildman–Crippen LogP) is 14.5. The summed E-state index contributed by atoms with van der Waals surface area (Å²) in [7, 11) is 0. The maximum absolute atomic E-state index is 6.12. The standard InChI is InChI=1S/C55H32N4O/c1-3-11-34(12-4-1)51-52(35-13-5-2-6-14-35)58-53-44-29-36(20-19-33(44)22-25-47(53)56-51)37-21-24-43-45(30-37)40-15-7-8-17-42(40)54-55(43)59-28-27-39(32-50(59)57-54)38-23-26-49-46(31-38)41-16-9-10-18-48(41)60-49/h1-32H. The highest BCUT2D eigenvalue weighted by molar-refractivity contribution is 6.24. The zero-order chi connectivity index (χ0) is 39.3. The van der Waals surface area contributed by atoms with E-state index >= 15 is 0 Å². The second-order valence-corrected chi connectivity index (χ2v) is 15.6. The normalized spacial score (nSPS) is 12.0. The summed E-state index contributed by atoms with van der Waals surface area (Å²) in [6, 6.07) is 66.3. The van der Waals surface area contributed by atoms with Gasteiger partial charge in [0.05, 0.1) is 33.5 Å². The zero-order valence-corrected chi connectivity index (χ0v) is 32.2. The first-order valence-electron chi connectivity index (χ1n) is 20.3. The number of nitrogens with zero attached hydrogens (tertiary/aromatic N) is 4. The Morgan fingerprint density at radius 2 is 0.950 bits per heavy atom. The molecule has 13 aromatic rings. The van der Waals surface area contributed by atoms with Crippen molar-refractivity contribution in [3.8, 4) is 44.8 Å². The Morgan fingerprint density at radius 3 is 1.75 bits per heavy atom. The third kappa shape index (κ3) is 4.96. The van der Waals surface area contributed by atoms with E-state index in [9.17, 15) is 0 Å². The van der Waals surface area contributed by atoms with Gasteiger partial charge in [0, 0.05) is 44.3 Å². The second-order valence-electron chi connectivity index (χ2n) is 15.6. The smallest absolute Gasteiger partial charge is 0.138 e. The van der Waals surface area contributed by atoms with E-state index in [2.05, 4.69) is 174 Å². The van der Waals surface area contributed by atoms with Gasteiger partial charge in [0.15, 0.2) is 0 Å². The van der Waals surface area contributed by atoms with Crippen molar-refractivity contribution in [1.29, 1.82) is 0 Å². The molecule has 0 N–H and O–H groups in total. The van der Waals surface area contributed by atoms with Crippen LogP contribution in [0.1, 0.15) is 0 Å². The molecule has 0 bridgehead atoms. The highest BCUT2D eigenvalue weighted by Gasteiger charge is 2.18. The van der Waals surface area contributed by atoms with E-state index in [-0.39, 0.29) is 0 Å². The second kappa shape index (κ2) is 12.7. The molecule has 0 spiro atoms. The molecule has 0 unspecified atom stereocenters. The van der Waals surface area contributed by atoms with Crippen molar-refractivity contribution in [2.45, 2.75) is 0 Å². The lowest BCUT2D eigenvalue weighted by molar-refractivity contribution is 0.669. The molecule has 0 saturated carbocycles. The van der Waals surface area contributed by atoms with Crippen LogP contribution in [-0.2, 0) is 0 Å². The Labute approximate surface area is 343 Å². The number of para-hydroxylation sites is 1. The lowest BCUT2D eigenvalue weighted by Crippen LogP contribution is -1.96. The summed E-state index contributed by atoms with van der Waals surface area (Å²) in [6.45, 7) is 0. The molecule has 9 aromatic carbocycles. The lowest BCUT2D eigenvalue weighted by Gasteiger charge is -2.13. The van der Waals surface area contributed by atoms with Gasteiger partial charge in [-0.05, 0) is 86.9 Å². The molecule has 5 heteroatoms. The Hall–Kier alpha value is -8.15. The number of rotatable bonds is 4. The van der Waals surface area contributed by atoms with Gasteiger partial charge in [-0.2, -0.15) is 0 Å². The number of fused-ring (bicyclic) bond motifs is 14. The Morgan fingerprint density at radius 1 is 0.350 bits per heavy atom. The number of benzene rings is 9. The molecule has 13 rings (SSSR count). The van der Waals surface area contributed by atoms with E-state index in [1.807, 2.05) is 24.3 Å². The first-order valence-corrected chi connectivity index (χ1v) is 20.3. The van der Waals surface area contributed by atoms with Gasteiger partial charge < -0.3 is 4.42 Å². The van der Waals surface area contributed by atoms with Gasteiger partial charge in [-0.15, -0.1) is 0 Å². The van der Waals surface area contributed by atoms with E-state index in [1.54, 1.807) is 0 Å². The highest BCUT2D eigenvalue weighted by atomic mass is 16.3. The molecule has 0 aliphatic heterocycles. The van der Waals surface area contributed by atoms with Crippen LogP contribution in [0.15, 0.2) is 199 Å². The summed E-state index contributed by atoms with van der Waals surface area (Å²) >= 11 is 0. The van der Waals surface area contributed by atoms with Gasteiger partial charge in [0.2, 0.25) is 0 Å². The van der Waals surface area contributed by atoms with Crippen LogP contribution in [0, 0.1) is 0 Å². The molecule has 0 amide bonds. The number of imidazole rings is 1. The Kier molecular flexibility index (Phi) is 6.95. The fraction of sp³-hybridized carbons (Fsp3) is 0.